The lowest BCUT2D eigenvalue weighted by atomic mass is 10.3. The SMILES string of the molecule is COc1cccc(OCC(=O)NCC2CC2)c1Br. The van der Waals surface area contributed by atoms with Gasteiger partial charge in [-0.1, -0.05) is 6.07 Å². The molecule has 98 valence electrons. The largest absolute Gasteiger partial charge is 0.495 e. The van der Waals surface area contributed by atoms with Crippen LogP contribution in [0.2, 0.25) is 0 Å². The Morgan fingerprint density at radius 2 is 2.17 bits per heavy atom. The van der Waals surface area contributed by atoms with Gasteiger partial charge in [-0.05, 0) is 46.8 Å². The molecule has 0 spiro atoms. The first kappa shape index (κ1) is 13.2. The number of benzene rings is 1. The zero-order valence-electron chi connectivity index (χ0n) is 10.2. The number of methoxy groups -OCH3 is 1. The maximum Gasteiger partial charge on any atom is 0.257 e. The van der Waals surface area contributed by atoms with Crippen LogP contribution in [0.25, 0.3) is 0 Å². The summed E-state index contributed by atoms with van der Waals surface area (Å²) in [6.45, 7) is 0.792. The lowest BCUT2D eigenvalue weighted by Crippen LogP contribution is -2.30. The van der Waals surface area contributed by atoms with Gasteiger partial charge in [0.05, 0.1) is 7.11 Å². The van der Waals surface area contributed by atoms with Crippen LogP contribution in [0.1, 0.15) is 12.8 Å². The molecule has 1 aliphatic carbocycles. The van der Waals surface area contributed by atoms with Crippen molar-refractivity contribution in [2.75, 3.05) is 20.3 Å². The van der Waals surface area contributed by atoms with Gasteiger partial charge in [-0.2, -0.15) is 0 Å². The number of carbonyl (C=O) groups is 1. The van der Waals surface area contributed by atoms with Gasteiger partial charge in [0.1, 0.15) is 16.0 Å². The number of rotatable bonds is 6. The van der Waals surface area contributed by atoms with Gasteiger partial charge in [0, 0.05) is 6.54 Å². The van der Waals surface area contributed by atoms with E-state index in [2.05, 4.69) is 21.2 Å². The molecule has 18 heavy (non-hydrogen) atoms. The number of hydrogen-bond donors (Lipinski definition) is 1. The van der Waals surface area contributed by atoms with Crippen LogP contribution in [0.3, 0.4) is 0 Å². The Labute approximate surface area is 115 Å². The fourth-order valence-electron chi connectivity index (χ4n) is 1.53. The van der Waals surface area contributed by atoms with Crippen molar-refractivity contribution < 1.29 is 14.3 Å². The molecular formula is C13H16BrNO3. The van der Waals surface area contributed by atoms with Gasteiger partial charge in [-0.15, -0.1) is 0 Å². The predicted molar refractivity (Wildman–Crippen MR) is 71.9 cm³/mol. The highest BCUT2D eigenvalue weighted by Gasteiger charge is 2.21. The van der Waals surface area contributed by atoms with Crippen LogP contribution in [0.5, 0.6) is 11.5 Å². The summed E-state index contributed by atoms with van der Waals surface area (Å²) in [6.07, 6.45) is 2.45. The third-order valence-electron chi connectivity index (χ3n) is 2.79. The number of ether oxygens (including phenoxy) is 2. The van der Waals surface area contributed by atoms with E-state index in [1.54, 1.807) is 13.2 Å². The second-order valence-corrected chi connectivity index (χ2v) is 5.10. The van der Waals surface area contributed by atoms with Crippen LogP contribution in [-0.4, -0.2) is 26.2 Å². The van der Waals surface area contributed by atoms with Crippen LogP contribution in [0.15, 0.2) is 22.7 Å². The summed E-state index contributed by atoms with van der Waals surface area (Å²) in [6, 6.07) is 5.44. The molecule has 1 aromatic carbocycles. The van der Waals surface area contributed by atoms with E-state index in [-0.39, 0.29) is 12.5 Å². The molecule has 0 aliphatic heterocycles. The predicted octanol–water partition coefficient (Wildman–Crippen LogP) is 2.36. The Balaban J connectivity index is 1.83. The number of halogens is 1. The van der Waals surface area contributed by atoms with Crippen LogP contribution in [0, 0.1) is 5.92 Å². The Kier molecular flexibility index (Phi) is 4.47. The highest BCUT2D eigenvalue weighted by Crippen LogP contribution is 2.33. The average Bonchev–Trinajstić information content (AvgIpc) is 3.19. The first-order valence-electron chi connectivity index (χ1n) is 5.92. The molecule has 0 atom stereocenters. The molecule has 1 aliphatic rings. The molecule has 1 N–H and O–H groups in total. The average molecular weight is 314 g/mol. The summed E-state index contributed by atoms with van der Waals surface area (Å²) in [4.78, 5) is 11.5. The smallest absolute Gasteiger partial charge is 0.257 e. The van der Waals surface area contributed by atoms with Gasteiger partial charge in [-0.3, -0.25) is 4.79 Å². The summed E-state index contributed by atoms with van der Waals surface area (Å²) in [5.74, 6) is 1.89. The van der Waals surface area contributed by atoms with Crippen LogP contribution in [0.4, 0.5) is 0 Å². The molecule has 0 heterocycles. The van der Waals surface area contributed by atoms with E-state index in [0.29, 0.717) is 17.4 Å². The minimum Gasteiger partial charge on any atom is -0.495 e. The molecule has 0 saturated heterocycles. The summed E-state index contributed by atoms with van der Waals surface area (Å²) in [5, 5.41) is 2.85. The zero-order chi connectivity index (χ0) is 13.0. The second-order valence-electron chi connectivity index (χ2n) is 4.31. The van der Waals surface area contributed by atoms with Gasteiger partial charge < -0.3 is 14.8 Å². The number of nitrogens with one attached hydrogen (secondary N) is 1. The molecule has 0 aromatic heterocycles. The maximum atomic E-state index is 11.5. The normalized spacial score (nSPS) is 14.1. The standard InChI is InChI=1S/C13H16BrNO3/c1-17-10-3-2-4-11(13(10)14)18-8-12(16)15-7-9-5-6-9/h2-4,9H,5-8H2,1H3,(H,15,16). The van der Waals surface area contributed by atoms with E-state index >= 15 is 0 Å². The summed E-state index contributed by atoms with van der Waals surface area (Å²) in [5.41, 5.74) is 0. The first-order chi connectivity index (χ1) is 8.70. The topological polar surface area (TPSA) is 47.6 Å². The van der Waals surface area contributed by atoms with Crippen LogP contribution < -0.4 is 14.8 Å². The van der Waals surface area contributed by atoms with Crippen molar-refractivity contribution in [1.82, 2.24) is 5.32 Å². The monoisotopic (exact) mass is 313 g/mol. The minimum absolute atomic E-state index is 0.0263. The van der Waals surface area contributed by atoms with Crippen molar-refractivity contribution in [3.63, 3.8) is 0 Å². The Bertz CT molecular complexity index is 432. The van der Waals surface area contributed by atoms with E-state index in [9.17, 15) is 4.79 Å². The van der Waals surface area contributed by atoms with Gasteiger partial charge in [-0.25, -0.2) is 0 Å². The van der Waals surface area contributed by atoms with Crippen molar-refractivity contribution in [1.29, 1.82) is 0 Å². The van der Waals surface area contributed by atoms with Crippen LogP contribution in [-0.2, 0) is 4.79 Å². The number of hydrogen-bond acceptors (Lipinski definition) is 3. The van der Waals surface area contributed by atoms with E-state index < -0.39 is 0 Å². The molecule has 1 amide bonds. The van der Waals surface area contributed by atoms with Gasteiger partial charge in [0.15, 0.2) is 6.61 Å². The van der Waals surface area contributed by atoms with Gasteiger partial charge in [0.2, 0.25) is 0 Å². The van der Waals surface area contributed by atoms with Crippen LogP contribution >= 0.6 is 15.9 Å². The van der Waals surface area contributed by atoms with Gasteiger partial charge >= 0.3 is 0 Å². The molecular weight excluding hydrogens is 298 g/mol. The Morgan fingerprint density at radius 3 is 2.83 bits per heavy atom. The molecule has 1 saturated carbocycles. The highest BCUT2D eigenvalue weighted by atomic mass is 79.9. The second kappa shape index (κ2) is 6.09. The Hall–Kier alpha value is -1.23. The third kappa shape index (κ3) is 3.63. The molecule has 0 unspecified atom stereocenters. The lowest BCUT2D eigenvalue weighted by Gasteiger charge is -2.10. The molecule has 5 heteroatoms. The first-order valence-corrected chi connectivity index (χ1v) is 6.72. The van der Waals surface area contributed by atoms with E-state index in [4.69, 9.17) is 9.47 Å². The zero-order valence-corrected chi connectivity index (χ0v) is 11.8. The van der Waals surface area contributed by atoms with Crippen molar-refractivity contribution in [2.24, 2.45) is 5.92 Å². The molecule has 1 fully saturated rings. The summed E-state index contributed by atoms with van der Waals surface area (Å²) in [7, 11) is 1.59. The minimum atomic E-state index is -0.0865. The number of carbonyl (C=O) groups excluding carboxylic acids is 1. The number of amides is 1. The van der Waals surface area contributed by atoms with Crippen molar-refractivity contribution in [3.05, 3.63) is 22.7 Å². The van der Waals surface area contributed by atoms with E-state index in [1.807, 2.05) is 12.1 Å². The molecule has 0 bridgehead atoms. The quantitative estimate of drug-likeness (QED) is 0.877. The van der Waals surface area contributed by atoms with Crippen molar-refractivity contribution in [2.45, 2.75) is 12.8 Å². The Morgan fingerprint density at radius 1 is 1.44 bits per heavy atom. The molecule has 4 nitrogen and oxygen atoms in total. The highest BCUT2D eigenvalue weighted by molar-refractivity contribution is 9.10. The lowest BCUT2D eigenvalue weighted by molar-refractivity contribution is -0.123. The maximum absolute atomic E-state index is 11.5. The summed E-state index contributed by atoms with van der Waals surface area (Å²) >= 11 is 3.38. The van der Waals surface area contributed by atoms with E-state index in [0.717, 1.165) is 11.0 Å². The third-order valence-corrected chi connectivity index (χ3v) is 3.57. The molecule has 0 radical (unpaired) electrons. The summed E-state index contributed by atoms with van der Waals surface area (Å²) < 4.78 is 11.3. The van der Waals surface area contributed by atoms with Gasteiger partial charge in [0.25, 0.3) is 5.91 Å². The van der Waals surface area contributed by atoms with Crippen molar-refractivity contribution >= 4 is 21.8 Å². The molecule has 2 rings (SSSR count). The fourth-order valence-corrected chi connectivity index (χ4v) is 2.07. The fraction of sp³-hybridized carbons (Fsp3) is 0.462. The van der Waals surface area contributed by atoms with E-state index in [1.165, 1.54) is 12.8 Å². The van der Waals surface area contributed by atoms with Crippen molar-refractivity contribution in [3.8, 4) is 11.5 Å². The molecule has 1 aromatic rings.